The predicted molar refractivity (Wildman–Crippen MR) is 133 cm³/mol. The standard InChI is InChI=1S/C27H24N2O5S/c30-25(18-9-3-1-4-10-18)24-22-17-21(35(33,34)28-20-13-7-8-14-20)15-16-23(22)29(27(24)32)26(31)19-11-5-2-6-12-19/h1-6,9-12,15-17,20,28,30H,7-8,13-14H2/b25-24-. The van der Waals surface area contributed by atoms with E-state index in [-0.39, 0.29) is 33.5 Å². The Hall–Kier alpha value is -3.75. The van der Waals surface area contributed by atoms with E-state index in [0.717, 1.165) is 30.6 Å². The first-order valence-electron chi connectivity index (χ1n) is 11.5. The smallest absolute Gasteiger partial charge is 0.269 e. The minimum Gasteiger partial charge on any atom is -0.506 e. The summed E-state index contributed by atoms with van der Waals surface area (Å²) in [5, 5.41) is 11.1. The van der Waals surface area contributed by atoms with Gasteiger partial charge in [-0.05, 0) is 43.2 Å². The predicted octanol–water partition coefficient (Wildman–Crippen LogP) is 4.52. The Morgan fingerprint density at radius 2 is 1.49 bits per heavy atom. The summed E-state index contributed by atoms with van der Waals surface area (Å²) in [5.41, 5.74) is 0.976. The summed E-state index contributed by atoms with van der Waals surface area (Å²) < 4.78 is 28.9. The average Bonchev–Trinajstić information content (AvgIpc) is 3.48. The van der Waals surface area contributed by atoms with Crippen molar-refractivity contribution in [1.29, 1.82) is 0 Å². The third-order valence-electron chi connectivity index (χ3n) is 6.39. The van der Waals surface area contributed by atoms with Gasteiger partial charge in [-0.25, -0.2) is 18.0 Å². The Kier molecular flexibility index (Phi) is 6.00. The quantitative estimate of drug-likeness (QED) is 0.312. The molecule has 1 aliphatic carbocycles. The van der Waals surface area contributed by atoms with E-state index in [4.69, 9.17) is 0 Å². The van der Waals surface area contributed by atoms with Crippen molar-refractivity contribution in [3.8, 4) is 0 Å². The lowest BCUT2D eigenvalue weighted by Gasteiger charge is -2.16. The second-order valence-electron chi connectivity index (χ2n) is 8.68. The number of anilines is 1. The van der Waals surface area contributed by atoms with Crippen LogP contribution in [0.1, 0.15) is 47.2 Å². The molecule has 178 valence electrons. The second kappa shape index (κ2) is 9.13. The number of nitrogens with one attached hydrogen (secondary N) is 1. The van der Waals surface area contributed by atoms with Gasteiger partial charge in [0, 0.05) is 22.7 Å². The fourth-order valence-corrected chi connectivity index (χ4v) is 5.96. The van der Waals surface area contributed by atoms with E-state index in [2.05, 4.69) is 4.72 Å². The number of imide groups is 1. The van der Waals surface area contributed by atoms with Crippen molar-refractivity contribution >= 4 is 38.9 Å². The first-order valence-corrected chi connectivity index (χ1v) is 12.9. The highest BCUT2D eigenvalue weighted by molar-refractivity contribution is 7.89. The minimum atomic E-state index is -3.86. The lowest BCUT2D eigenvalue weighted by Crippen LogP contribution is -2.33. The van der Waals surface area contributed by atoms with Gasteiger partial charge in [-0.15, -0.1) is 0 Å². The molecule has 1 fully saturated rings. The van der Waals surface area contributed by atoms with Crippen LogP contribution in [0.4, 0.5) is 5.69 Å². The summed E-state index contributed by atoms with van der Waals surface area (Å²) in [4.78, 5) is 27.8. The number of fused-ring (bicyclic) bond motifs is 1. The number of benzene rings is 3. The van der Waals surface area contributed by atoms with E-state index >= 15 is 0 Å². The molecule has 1 aliphatic heterocycles. The van der Waals surface area contributed by atoms with E-state index in [0.29, 0.717) is 11.1 Å². The monoisotopic (exact) mass is 488 g/mol. The first-order chi connectivity index (χ1) is 16.9. The lowest BCUT2D eigenvalue weighted by molar-refractivity contribution is -0.112. The molecule has 7 nitrogen and oxygen atoms in total. The summed E-state index contributed by atoms with van der Waals surface area (Å²) in [6.45, 7) is 0. The van der Waals surface area contributed by atoms with Crippen molar-refractivity contribution in [1.82, 2.24) is 4.72 Å². The van der Waals surface area contributed by atoms with Crippen LogP contribution in [0.2, 0.25) is 0 Å². The van der Waals surface area contributed by atoms with Crippen molar-refractivity contribution in [3.05, 3.63) is 95.6 Å². The summed E-state index contributed by atoms with van der Waals surface area (Å²) in [6.07, 6.45) is 3.50. The van der Waals surface area contributed by atoms with Crippen molar-refractivity contribution < 1.29 is 23.1 Å². The van der Waals surface area contributed by atoms with Crippen LogP contribution in [0.15, 0.2) is 83.8 Å². The fourth-order valence-electron chi connectivity index (χ4n) is 4.63. The molecule has 0 atom stereocenters. The normalized spacial score (nSPS) is 17.5. The summed E-state index contributed by atoms with van der Waals surface area (Å²) in [7, 11) is -3.86. The zero-order valence-corrected chi connectivity index (χ0v) is 19.7. The topological polar surface area (TPSA) is 104 Å². The number of hydrogen-bond donors (Lipinski definition) is 2. The third kappa shape index (κ3) is 4.26. The number of amides is 2. The summed E-state index contributed by atoms with van der Waals surface area (Å²) >= 11 is 0. The number of aliphatic hydroxyl groups is 1. The molecule has 0 bridgehead atoms. The van der Waals surface area contributed by atoms with E-state index in [1.54, 1.807) is 60.7 Å². The highest BCUT2D eigenvalue weighted by Gasteiger charge is 2.40. The maximum atomic E-state index is 13.6. The van der Waals surface area contributed by atoms with Crippen LogP contribution >= 0.6 is 0 Å². The molecule has 2 amide bonds. The number of sulfonamides is 1. The number of nitrogens with zero attached hydrogens (tertiary/aromatic N) is 1. The Morgan fingerprint density at radius 3 is 2.11 bits per heavy atom. The van der Waals surface area contributed by atoms with Crippen molar-refractivity contribution in [3.63, 3.8) is 0 Å². The summed E-state index contributed by atoms with van der Waals surface area (Å²) in [6, 6.07) is 20.9. The Morgan fingerprint density at radius 1 is 0.886 bits per heavy atom. The van der Waals surface area contributed by atoms with Crippen LogP contribution < -0.4 is 9.62 Å². The van der Waals surface area contributed by atoms with Gasteiger partial charge in [0.2, 0.25) is 10.0 Å². The molecular formula is C27H24N2O5S. The Bertz CT molecular complexity index is 1430. The van der Waals surface area contributed by atoms with Crippen LogP contribution in [-0.4, -0.2) is 31.4 Å². The number of rotatable bonds is 5. The molecule has 0 spiro atoms. The first kappa shape index (κ1) is 23.0. The van der Waals surface area contributed by atoms with Gasteiger partial charge in [0.25, 0.3) is 11.8 Å². The number of carbonyl (C=O) groups excluding carboxylic acids is 2. The Balaban J connectivity index is 1.64. The lowest BCUT2D eigenvalue weighted by atomic mass is 10.0. The molecule has 1 heterocycles. The van der Waals surface area contributed by atoms with E-state index in [1.807, 2.05) is 0 Å². The molecule has 0 radical (unpaired) electrons. The molecule has 35 heavy (non-hydrogen) atoms. The number of hydrogen-bond acceptors (Lipinski definition) is 5. The maximum Gasteiger partial charge on any atom is 0.269 e. The minimum absolute atomic E-state index is 0.0247. The molecular weight excluding hydrogens is 464 g/mol. The molecule has 0 saturated heterocycles. The summed E-state index contributed by atoms with van der Waals surface area (Å²) in [5.74, 6) is -1.60. The van der Waals surface area contributed by atoms with Crippen molar-refractivity contribution in [2.75, 3.05) is 4.90 Å². The van der Waals surface area contributed by atoms with Gasteiger partial charge < -0.3 is 5.11 Å². The van der Waals surface area contributed by atoms with Crippen LogP contribution in [0.25, 0.3) is 11.3 Å². The van der Waals surface area contributed by atoms with E-state index in [1.165, 1.54) is 18.2 Å². The highest BCUT2D eigenvalue weighted by atomic mass is 32.2. The average molecular weight is 489 g/mol. The maximum absolute atomic E-state index is 13.6. The van der Waals surface area contributed by atoms with Crippen LogP contribution in [0.3, 0.4) is 0 Å². The molecule has 2 aliphatic rings. The highest BCUT2D eigenvalue weighted by Crippen LogP contribution is 2.42. The SMILES string of the molecule is O=C1/C(=C(\O)c2ccccc2)c2cc(S(=O)(=O)NC3CCCC3)ccc2N1C(=O)c1ccccc1. The number of aliphatic hydroxyl groups excluding tert-OH is 1. The van der Waals surface area contributed by atoms with Gasteiger partial charge in [0.15, 0.2) is 0 Å². The zero-order valence-electron chi connectivity index (χ0n) is 18.8. The van der Waals surface area contributed by atoms with Gasteiger partial charge >= 0.3 is 0 Å². The zero-order chi connectivity index (χ0) is 24.6. The number of carbonyl (C=O) groups is 2. The third-order valence-corrected chi connectivity index (χ3v) is 7.91. The van der Waals surface area contributed by atoms with E-state index in [9.17, 15) is 23.1 Å². The molecule has 0 unspecified atom stereocenters. The fraction of sp³-hybridized carbons (Fsp3) is 0.185. The van der Waals surface area contributed by atoms with Crippen molar-refractivity contribution in [2.24, 2.45) is 0 Å². The van der Waals surface area contributed by atoms with Gasteiger partial charge in [-0.1, -0.05) is 61.4 Å². The van der Waals surface area contributed by atoms with Crippen LogP contribution in [-0.2, 0) is 14.8 Å². The molecule has 3 aromatic carbocycles. The molecule has 0 aromatic heterocycles. The Labute approximate surface area is 203 Å². The van der Waals surface area contributed by atoms with Gasteiger partial charge in [0.05, 0.1) is 16.2 Å². The van der Waals surface area contributed by atoms with Gasteiger partial charge in [-0.3, -0.25) is 9.59 Å². The second-order valence-corrected chi connectivity index (χ2v) is 10.4. The largest absolute Gasteiger partial charge is 0.506 e. The van der Waals surface area contributed by atoms with Crippen LogP contribution in [0.5, 0.6) is 0 Å². The molecule has 3 aromatic rings. The molecule has 2 N–H and O–H groups in total. The molecule has 1 saturated carbocycles. The van der Waals surface area contributed by atoms with E-state index < -0.39 is 21.8 Å². The van der Waals surface area contributed by atoms with Gasteiger partial charge in [-0.2, -0.15) is 0 Å². The van der Waals surface area contributed by atoms with Crippen molar-refractivity contribution in [2.45, 2.75) is 36.6 Å². The van der Waals surface area contributed by atoms with Crippen LogP contribution in [0, 0.1) is 0 Å². The molecule has 8 heteroatoms. The van der Waals surface area contributed by atoms with Gasteiger partial charge in [0.1, 0.15) is 5.76 Å². The molecule has 5 rings (SSSR count).